The van der Waals surface area contributed by atoms with Crippen LogP contribution in [0.3, 0.4) is 0 Å². The second kappa shape index (κ2) is 5.21. The van der Waals surface area contributed by atoms with Crippen LogP contribution in [0.4, 0.5) is 0 Å². The van der Waals surface area contributed by atoms with Gasteiger partial charge in [-0.05, 0) is 47.5 Å². The summed E-state index contributed by atoms with van der Waals surface area (Å²) in [5.41, 5.74) is 9.70. The third-order valence-corrected chi connectivity index (χ3v) is 4.20. The molecule has 4 N–H and O–H groups in total. The topological polar surface area (TPSA) is 66.5 Å². The van der Waals surface area contributed by atoms with E-state index in [1.54, 1.807) is 12.1 Å². The second-order valence-corrected chi connectivity index (χ2v) is 5.54. The smallest absolute Gasteiger partial charge is 0.226 e. The summed E-state index contributed by atoms with van der Waals surface area (Å²) in [6.07, 6.45) is 2.63. The lowest BCUT2D eigenvalue weighted by Gasteiger charge is -2.29. The van der Waals surface area contributed by atoms with Gasteiger partial charge in [0.25, 0.3) is 0 Å². The van der Waals surface area contributed by atoms with Gasteiger partial charge >= 0.3 is 0 Å². The third-order valence-electron chi connectivity index (χ3n) is 4.20. The molecule has 3 rings (SSSR count). The Balaban J connectivity index is 1.97. The van der Waals surface area contributed by atoms with Crippen LogP contribution in [0.2, 0.25) is 6.32 Å². The van der Waals surface area contributed by atoms with Crippen molar-refractivity contribution in [2.45, 2.75) is 25.0 Å². The molecule has 0 fully saturated rings. The molecule has 1 aliphatic rings. The zero-order valence-corrected chi connectivity index (χ0v) is 11.3. The van der Waals surface area contributed by atoms with Crippen LogP contribution >= 0.6 is 0 Å². The molecule has 0 aliphatic carbocycles. The lowest BCUT2D eigenvalue weighted by molar-refractivity contribution is 0.402. The van der Waals surface area contributed by atoms with Gasteiger partial charge in [0, 0.05) is 0 Å². The number of phenolic OH excluding ortho intramolecular Hbond substituents is 2. The summed E-state index contributed by atoms with van der Waals surface area (Å²) in [7, 11) is 0. The van der Waals surface area contributed by atoms with Gasteiger partial charge in [-0.3, -0.25) is 0 Å². The summed E-state index contributed by atoms with van der Waals surface area (Å²) < 4.78 is 0. The van der Waals surface area contributed by atoms with Crippen molar-refractivity contribution in [3.63, 3.8) is 0 Å². The standard InChI is InChI=1S/C16H18BNO2/c18-17-7-6-12-9-15(19)16(20)10-13(12)14(17)8-11-4-2-1-3-5-11/h1-5,9-10,14,19-20H,6-8,18H2. The van der Waals surface area contributed by atoms with E-state index in [0.717, 1.165) is 30.3 Å². The minimum atomic E-state index is -0.0593. The molecule has 0 aromatic heterocycles. The average Bonchev–Trinajstić information content (AvgIpc) is 2.45. The molecular weight excluding hydrogens is 249 g/mol. The van der Waals surface area contributed by atoms with E-state index in [0.29, 0.717) is 0 Å². The molecule has 2 aromatic rings. The number of phenols is 2. The van der Waals surface area contributed by atoms with E-state index in [2.05, 4.69) is 12.1 Å². The number of hydrogen-bond acceptors (Lipinski definition) is 3. The summed E-state index contributed by atoms with van der Waals surface area (Å²) in [6, 6.07) is 13.6. The number of benzene rings is 2. The first-order chi connectivity index (χ1) is 9.65. The maximum atomic E-state index is 9.75. The van der Waals surface area contributed by atoms with Crippen LogP contribution in [-0.2, 0) is 12.8 Å². The van der Waals surface area contributed by atoms with Crippen LogP contribution < -0.4 is 5.64 Å². The van der Waals surface area contributed by atoms with E-state index in [4.69, 9.17) is 5.64 Å². The molecule has 0 saturated heterocycles. The molecule has 0 radical (unpaired) electrons. The maximum absolute atomic E-state index is 9.75. The Hall–Kier alpha value is -1.94. The highest BCUT2D eigenvalue weighted by Gasteiger charge is 2.31. The van der Waals surface area contributed by atoms with Crippen LogP contribution in [0, 0.1) is 0 Å². The molecule has 0 saturated carbocycles. The molecule has 1 aliphatic heterocycles. The Morgan fingerprint density at radius 1 is 1.10 bits per heavy atom. The SMILES string of the molecule is NB1CCc2cc(O)c(O)cc2C1Cc1ccccc1. The zero-order valence-electron chi connectivity index (χ0n) is 11.3. The largest absolute Gasteiger partial charge is 0.504 e. The molecule has 3 nitrogen and oxygen atoms in total. The fourth-order valence-electron chi connectivity index (χ4n) is 3.08. The van der Waals surface area contributed by atoms with Gasteiger partial charge in [0.2, 0.25) is 6.85 Å². The predicted octanol–water partition coefficient (Wildman–Crippen LogP) is 2.47. The fourth-order valence-corrected chi connectivity index (χ4v) is 3.08. The van der Waals surface area contributed by atoms with E-state index in [-0.39, 0.29) is 24.2 Å². The summed E-state index contributed by atoms with van der Waals surface area (Å²) in [4.78, 5) is 0. The monoisotopic (exact) mass is 267 g/mol. The van der Waals surface area contributed by atoms with Crippen LogP contribution in [0.1, 0.15) is 22.5 Å². The highest BCUT2D eigenvalue weighted by atomic mass is 16.3. The first kappa shape index (κ1) is 13.1. The molecule has 102 valence electrons. The molecule has 1 atom stereocenters. The van der Waals surface area contributed by atoms with Crippen LogP contribution in [-0.4, -0.2) is 17.1 Å². The number of fused-ring (bicyclic) bond motifs is 1. The normalized spacial score (nSPS) is 17.9. The molecule has 1 unspecified atom stereocenters. The number of rotatable bonds is 2. The van der Waals surface area contributed by atoms with E-state index >= 15 is 0 Å². The summed E-state index contributed by atoms with van der Waals surface area (Å²) in [6.45, 7) is 0.0895. The highest BCUT2D eigenvalue weighted by Crippen LogP contribution is 2.38. The van der Waals surface area contributed by atoms with E-state index in [1.165, 1.54) is 5.56 Å². The molecular formula is C16H18BNO2. The summed E-state index contributed by atoms with van der Waals surface area (Å²) >= 11 is 0. The third kappa shape index (κ3) is 2.39. The van der Waals surface area contributed by atoms with Gasteiger partial charge in [-0.1, -0.05) is 36.7 Å². The van der Waals surface area contributed by atoms with Gasteiger partial charge in [0.15, 0.2) is 11.5 Å². The first-order valence-corrected chi connectivity index (χ1v) is 6.99. The Bertz CT molecular complexity index is 615. The summed E-state index contributed by atoms with van der Waals surface area (Å²) in [5, 5.41) is 19.4. The molecule has 2 aromatic carbocycles. The second-order valence-electron chi connectivity index (χ2n) is 5.54. The van der Waals surface area contributed by atoms with Crippen molar-refractivity contribution in [2.75, 3.05) is 0 Å². The lowest BCUT2D eigenvalue weighted by atomic mass is 9.43. The van der Waals surface area contributed by atoms with Gasteiger partial charge in [-0.25, -0.2) is 0 Å². The van der Waals surface area contributed by atoms with Gasteiger partial charge in [0.1, 0.15) is 0 Å². The molecule has 4 heteroatoms. The first-order valence-electron chi connectivity index (χ1n) is 6.99. The molecule has 0 amide bonds. The van der Waals surface area contributed by atoms with Crippen LogP contribution in [0.15, 0.2) is 42.5 Å². The predicted molar refractivity (Wildman–Crippen MR) is 81.1 cm³/mol. The van der Waals surface area contributed by atoms with Crippen molar-refractivity contribution in [3.05, 3.63) is 59.2 Å². The van der Waals surface area contributed by atoms with Crippen LogP contribution in [0.5, 0.6) is 11.5 Å². The Labute approximate surface area is 119 Å². The van der Waals surface area contributed by atoms with E-state index in [1.807, 2.05) is 18.2 Å². The number of hydrogen-bond donors (Lipinski definition) is 3. The Kier molecular flexibility index (Phi) is 3.41. The molecule has 0 bridgehead atoms. The van der Waals surface area contributed by atoms with Crippen molar-refractivity contribution >= 4 is 6.85 Å². The number of aromatic hydroxyl groups is 2. The summed E-state index contributed by atoms with van der Waals surface area (Å²) in [5.74, 6) is 0.0845. The zero-order chi connectivity index (χ0) is 14.1. The molecule has 1 heterocycles. The Morgan fingerprint density at radius 3 is 2.55 bits per heavy atom. The number of nitrogens with two attached hydrogens (primary N) is 1. The van der Waals surface area contributed by atoms with Gasteiger partial charge in [-0.2, -0.15) is 0 Å². The fraction of sp³-hybridized carbons (Fsp3) is 0.250. The highest BCUT2D eigenvalue weighted by molar-refractivity contribution is 6.57. The quantitative estimate of drug-likeness (QED) is 0.578. The molecule has 0 spiro atoms. The van der Waals surface area contributed by atoms with Gasteiger partial charge in [0.05, 0.1) is 0 Å². The minimum Gasteiger partial charge on any atom is -0.504 e. The Morgan fingerprint density at radius 2 is 1.80 bits per heavy atom. The number of aryl methyl sites for hydroxylation is 1. The van der Waals surface area contributed by atoms with Crippen molar-refractivity contribution in [1.82, 2.24) is 0 Å². The molecule has 20 heavy (non-hydrogen) atoms. The minimum absolute atomic E-state index is 0.0438. The maximum Gasteiger partial charge on any atom is 0.226 e. The lowest BCUT2D eigenvalue weighted by Crippen LogP contribution is -2.39. The van der Waals surface area contributed by atoms with Crippen LogP contribution in [0.25, 0.3) is 0 Å². The van der Waals surface area contributed by atoms with E-state index in [9.17, 15) is 10.2 Å². The van der Waals surface area contributed by atoms with Gasteiger partial charge in [-0.15, -0.1) is 0 Å². The van der Waals surface area contributed by atoms with Gasteiger partial charge < -0.3 is 15.9 Å². The average molecular weight is 267 g/mol. The van der Waals surface area contributed by atoms with Crippen molar-refractivity contribution in [1.29, 1.82) is 0 Å². The van der Waals surface area contributed by atoms with Crippen molar-refractivity contribution in [3.8, 4) is 11.5 Å². The van der Waals surface area contributed by atoms with E-state index < -0.39 is 0 Å². The van der Waals surface area contributed by atoms with Crippen molar-refractivity contribution in [2.24, 2.45) is 5.64 Å². The van der Waals surface area contributed by atoms with Crippen molar-refractivity contribution < 1.29 is 10.2 Å².